The molecule has 0 radical (unpaired) electrons. The molecule has 0 spiro atoms. The lowest BCUT2D eigenvalue weighted by molar-refractivity contribution is 0.414. The Bertz CT molecular complexity index is 822. The van der Waals surface area contributed by atoms with Crippen LogP contribution in [0.25, 0.3) is 4.96 Å². The van der Waals surface area contributed by atoms with E-state index in [2.05, 4.69) is 4.98 Å². The zero-order chi connectivity index (χ0) is 14.8. The topological polar surface area (TPSA) is 43.6 Å². The third-order valence-electron chi connectivity index (χ3n) is 2.98. The van der Waals surface area contributed by atoms with E-state index >= 15 is 0 Å². The van der Waals surface area contributed by atoms with Crippen molar-refractivity contribution in [3.63, 3.8) is 0 Å². The van der Waals surface area contributed by atoms with Gasteiger partial charge in [-0.2, -0.15) is 0 Å². The van der Waals surface area contributed by atoms with Crippen LogP contribution in [-0.4, -0.2) is 16.5 Å². The highest BCUT2D eigenvalue weighted by atomic mass is 32.2. The number of hydrogen-bond donors (Lipinski definition) is 0. The van der Waals surface area contributed by atoms with Crippen LogP contribution in [0, 0.1) is 6.92 Å². The van der Waals surface area contributed by atoms with E-state index in [9.17, 15) is 4.79 Å². The van der Waals surface area contributed by atoms with Crippen LogP contribution >= 0.6 is 23.1 Å². The quantitative estimate of drug-likeness (QED) is 0.692. The average molecular weight is 318 g/mol. The molecule has 0 saturated carbocycles. The Labute approximate surface area is 130 Å². The molecule has 21 heavy (non-hydrogen) atoms. The van der Waals surface area contributed by atoms with E-state index in [0.717, 1.165) is 26.2 Å². The first-order valence-corrected chi connectivity index (χ1v) is 8.21. The maximum Gasteiger partial charge on any atom is 0.258 e. The largest absolute Gasteiger partial charge is 0.497 e. The van der Waals surface area contributed by atoms with Crippen molar-refractivity contribution >= 4 is 28.1 Å². The second kappa shape index (κ2) is 5.91. The highest BCUT2D eigenvalue weighted by molar-refractivity contribution is 7.98. The number of fused-ring (bicyclic) bond motifs is 1. The van der Waals surface area contributed by atoms with E-state index in [4.69, 9.17) is 4.74 Å². The van der Waals surface area contributed by atoms with E-state index in [1.165, 1.54) is 11.3 Å². The minimum atomic E-state index is -0.0188. The van der Waals surface area contributed by atoms with Crippen molar-refractivity contribution in [2.45, 2.75) is 17.6 Å². The number of methoxy groups -OCH3 is 1. The van der Waals surface area contributed by atoms with Gasteiger partial charge in [-0.05, 0) is 31.2 Å². The first-order chi connectivity index (χ1) is 10.2. The summed E-state index contributed by atoms with van der Waals surface area (Å²) in [4.78, 5) is 19.5. The van der Waals surface area contributed by atoms with Crippen LogP contribution in [0.5, 0.6) is 5.75 Å². The van der Waals surface area contributed by atoms with Gasteiger partial charge in [-0.1, -0.05) is 0 Å². The Morgan fingerprint density at radius 2 is 2.10 bits per heavy atom. The minimum absolute atomic E-state index is 0.0188. The summed E-state index contributed by atoms with van der Waals surface area (Å²) in [6.07, 6.45) is 1.83. The lowest BCUT2D eigenvalue weighted by atomic mass is 10.3. The highest BCUT2D eigenvalue weighted by Crippen LogP contribution is 2.24. The van der Waals surface area contributed by atoms with Gasteiger partial charge >= 0.3 is 0 Å². The molecule has 0 aliphatic rings. The molecular formula is C15H14N2O2S2. The molecule has 0 atom stereocenters. The van der Waals surface area contributed by atoms with Crippen LogP contribution in [0.15, 0.2) is 46.2 Å². The number of aryl methyl sites for hydroxylation is 1. The van der Waals surface area contributed by atoms with Gasteiger partial charge in [0.15, 0.2) is 4.96 Å². The Kier molecular flexibility index (Phi) is 3.98. The smallest absolute Gasteiger partial charge is 0.258 e. The zero-order valence-electron chi connectivity index (χ0n) is 11.7. The van der Waals surface area contributed by atoms with E-state index in [1.54, 1.807) is 29.3 Å². The fourth-order valence-electron chi connectivity index (χ4n) is 1.96. The summed E-state index contributed by atoms with van der Waals surface area (Å²) >= 11 is 3.19. The van der Waals surface area contributed by atoms with E-state index in [-0.39, 0.29) is 5.56 Å². The summed E-state index contributed by atoms with van der Waals surface area (Å²) < 4.78 is 6.73. The molecule has 0 aliphatic heterocycles. The van der Waals surface area contributed by atoms with Gasteiger partial charge in [-0.15, -0.1) is 23.1 Å². The molecule has 1 aromatic carbocycles. The van der Waals surface area contributed by atoms with Crippen molar-refractivity contribution in [1.29, 1.82) is 0 Å². The molecule has 0 bridgehead atoms. The number of rotatable bonds is 4. The summed E-state index contributed by atoms with van der Waals surface area (Å²) in [5.74, 6) is 1.51. The Hall–Kier alpha value is -1.79. The third kappa shape index (κ3) is 3.11. The predicted octanol–water partition coefficient (Wildman–Crippen LogP) is 3.37. The maximum atomic E-state index is 12.0. The monoisotopic (exact) mass is 318 g/mol. The van der Waals surface area contributed by atoms with Crippen molar-refractivity contribution < 1.29 is 4.74 Å². The van der Waals surface area contributed by atoms with E-state index in [1.807, 2.05) is 37.4 Å². The van der Waals surface area contributed by atoms with Crippen LogP contribution < -0.4 is 10.3 Å². The number of benzene rings is 1. The average Bonchev–Trinajstić information content (AvgIpc) is 2.87. The van der Waals surface area contributed by atoms with Crippen molar-refractivity contribution in [2.24, 2.45) is 0 Å². The summed E-state index contributed by atoms with van der Waals surface area (Å²) in [6, 6.07) is 9.47. The number of thioether (sulfide) groups is 1. The van der Waals surface area contributed by atoms with Gasteiger partial charge in [0.1, 0.15) is 5.75 Å². The normalized spacial score (nSPS) is 11.0. The van der Waals surface area contributed by atoms with E-state index < -0.39 is 0 Å². The SMILES string of the molecule is COc1ccc(SCc2cc(=O)n3cc(C)sc3n2)cc1. The van der Waals surface area contributed by atoms with Crippen molar-refractivity contribution in [1.82, 2.24) is 9.38 Å². The Balaban J connectivity index is 1.79. The maximum absolute atomic E-state index is 12.0. The number of aromatic nitrogens is 2. The van der Waals surface area contributed by atoms with Crippen LogP contribution in [0.4, 0.5) is 0 Å². The molecule has 3 rings (SSSR count). The first-order valence-electron chi connectivity index (χ1n) is 6.41. The summed E-state index contributed by atoms with van der Waals surface area (Å²) in [5, 5.41) is 0. The summed E-state index contributed by atoms with van der Waals surface area (Å²) in [7, 11) is 1.65. The summed E-state index contributed by atoms with van der Waals surface area (Å²) in [6.45, 7) is 1.98. The third-order valence-corrected chi connectivity index (χ3v) is 4.93. The fraction of sp³-hybridized carbons (Fsp3) is 0.200. The first kappa shape index (κ1) is 14.2. The Morgan fingerprint density at radius 3 is 2.81 bits per heavy atom. The predicted molar refractivity (Wildman–Crippen MR) is 86.6 cm³/mol. The molecule has 0 saturated heterocycles. The highest BCUT2D eigenvalue weighted by Gasteiger charge is 2.06. The Morgan fingerprint density at radius 1 is 1.33 bits per heavy atom. The zero-order valence-corrected chi connectivity index (χ0v) is 13.3. The second-order valence-electron chi connectivity index (χ2n) is 4.54. The number of thiazole rings is 1. The van der Waals surface area contributed by atoms with E-state index in [0.29, 0.717) is 5.75 Å². The van der Waals surface area contributed by atoms with Gasteiger partial charge in [0.25, 0.3) is 5.56 Å². The summed E-state index contributed by atoms with van der Waals surface area (Å²) in [5.41, 5.74) is 0.789. The molecule has 0 fully saturated rings. The van der Waals surface area contributed by atoms with Gasteiger partial charge in [0.2, 0.25) is 0 Å². The molecule has 108 valence electrons. The lowest BCUT2D eigenvalue weighted by Gasteiger charge is -2.03. The standard InChI is InChI=1S/C15H14N2O2S2/c1-10-8-17-14(18)7-11(16-15(17)21-10)9-20-13-5-3-12(19-2)4-6-13/h3-8H,9H2,1-2H3. The van der Waals surface area contributed by atoms with Gasteiger partial charge in [-0.25, -0.2) is 4.98 Å². The van der Waals surface area contributed by atoms with Gasteiger partial charge < -0.3 is 4.74 Å². The van der Waals surface area contributed by atoms with Gasteiger partial charge in [0.05, 0.1) is 12.8 Å². The molecule has 4 nitrogen and oxygen atoms in total. The molecule has 0 aliphatic carbocycles. The fourth-order valence-corrected chi connectivity index (χ4v) is 3.60. The molecular weight excluding hydrogens is 304 g/mol. The van der Waals surface area contributed by atoms with Gasteiger partial charge in [0, 0.05) is 27.8 Å². The molecule has 6 heteroatoms. The van der Waals surface area contributed by atoms with Crippen molar-refractivity contribution in [3.8, 4) is 5.75 Å². The molecule has 0 unspecified atom stereocenters. The van der Waals surface area contributed by atoms with Crippen LogP contribution in [0.1, 0.15) is 10.6 Å². The van der Waals surface area contributed by atoms with Crippen LogP contribution in [-0.2, 0) is 5.75 Å². The number of ether oxygens (including phenoxy) is 1. The van der Waals surface area contributed by atoms with Crippen LogP contribution in [0.2, 0.25) is 0 Å². The minimum Gasteiger partial charge on any atom is -0.497 e. The van der Waals surface area contributed by atoms with Crippen LogP contribution in [0.3, 0.4) is 0 Å². The van der Waals surface area contributed by atoms with Gasteiger partial charge in [-0.3, -0.25) is 9.20 Å². The molecule has 2 heterocycles. The second-order valence-corrected chi connectivity index (χ2v) is 6.81. The van der Waals surface area contributed by atoms with Crippen molar-refractivity contribution in [2.75, 3.05) is 7.11 Å². The molecule has 3 aromatic rings. The molecule has 0 N–H and O–H groups in total. The number of hydrogen-bond acceptors (Lipinski definition) is 5. The molecule has 0 amide bonds. The lowest BCUT2D eigenvalue weighted by Crippen LogP contribution is -2.12. The number of nitrogens with zero attached hydrogens (tertiary/aromatic N) is 2. The molecule has 2 aromatic heterocycles. The van der Waals surface area contributed by atoms with Crippen molar-refractivity contribution in [3.05, 3.63) is 57.5 Å².